The Morgan fingerprint density at radius 3 is 2.56 bits per heavy atom. The number of hydrogen-bond acceptors (Lipinski definition) is 3. The molecular formula is C12H20ClNOS. The highest BCUT2D eigenvalue weighted by Crippen LogP contribution is 2.41. The first kappa shape index (κ1) is 13.9. The van der Waals surface area contributed by atoms with Crippen LogP contribution >= 0.6 is 24.2 Å². The molecule has 1 aliphatic heterocycles. The van der Waals surface area contributed by atoms with Crippen molar-refractivity contribution in [1.82, 2.24) is 0 Å². The number of Topliss-reactive ketones (excluding diaryl/α,β-unsaturated/α-hetero) is 1. The molecule has 4 heteroatoms. The van der Waals surface area contributed by atoms with Gasteiger partial charge in [-0.1, -0.05) is 13.8 Å². The van der Waals surface area contributed by atoms with Crippen molar-refractivity contribution in [3.63, 3.8) is 0 Å². The molecule has 1 heterocycles. The summed E-state index contributed by atoms with van der Waals surface area (Å²) >= 11 is 1.90. The largest absolute Gasteiger partial charge is 0.402 e. The van der Waals surface area contributed by atoms with Gasteiger partial charge in [0.2, 0.25) is 0 Å². The molecule has 0 radical (unpaired) electrons. The van der Waals surface area contributed by atoms with Crippen molar-refractivity contribution in [2.45, 2.75) is 44.8 Å². The Morgan fingerprint density at radius 2 is 2.06 bits per heavy atom. The molecule has 1 aliphatic carbocycles. The van der Waals surface area contributed by atoms with Crippen LogP contribution in [-0.4, -0.2) is 16.8 Å². The van der Waals surface area contributed by atoms with E-state index in [1.807, 2.05) is 11.8 Å². The van der Waals surface area contributed by atoms with Gasteiger partial charge in [-0.3, -0.25) is 4.79 Å². The van der Waals surface area contributed by atoms with E-state index >= 15 is 0 Å². The maximum atomic E-state index is 12.1. The number of hydrogen-bond donors (Lipinski definition) is 1. The van der Waals surface area contributed by atoms with E-state index in [9.17, 15) is 4.79 Å². The van der Waals surface area contributed by atoms with E-state index in [1.54, 1.807) is 0 Å². The van der Waals surface area contributed by atoms with Crippen molar-refractivity contribution in [1.29, 1.82) is 0 Å². The average molecular weight is 262 g/mol. The molecule has 0 spiro atoms. The molecule has 1 saturated heterocycles. The summed E-state index contributed by atoms with van der Waals surface area (Å²) in [7, 11) is 0. The second-order valence-corrected chi connectivity index (χ2v) is 6.69. The molecule has 2 nitrogen and oxygen atoms in total. The molecule has 0 aromatic rings. The fourth-order valence-electron chi connectivity index (χ4n) is 2.57. The van der Waals surface area contributed by atoms with Crippen LogP contribution in [0.4, 0.5) is 0 Å². The molecule has 0 amide bonds. The quantitative estimate of drug-likeness (QED) is 0.789. The number of carbonyl (C=O) groups excluding carboxylic acids is 1. The maximum Gasteiger partial charge on any atom is 0.162 e. The van der Waals surface area contributed by atoms with Crippen LogP contribution in [0.2, 0.25) is 0 Å². The zero-order valence-corrected chi connectivity index (χ0v) is 11.5. The normalized spacial score (nSPS) is 29.1. The Morgan fingerprint density at radius 1 is 1.38 bits per heavy atom. The Kier molecular flexibility index (Phi) is 4.35. The van der Waals surface area contributed by atoms with Crippen molar-refractivity contribution < 1.29 is 4.79 Å². The minimum absolute atomic E-state index is 0. The van der Waals surface area contributed by atoms with Crippen LogP contribution in [0, 0.1) is 5.41 Å². The van der Waals surface area contributed by atoms with Crippen molar-refractivity contribution in [2.24, 2.45) is 11.1 Å². The lowest BCUT2D eigenvalue weighted by Gasteiger charge is -2.32. The van der Waals surface area contributed by atoms with Gasteiger partial charge in [-0.15, -0.1) is 12.4 Å². The van der Waals surface area contributed by atoms with Gasteiger partial charge in [0.05, 0.1) is 0 Å². The first-order valence-electron chi connectivity index (χ1n) is 5.63. The Hall–Kier alpha value is -0.150. The van der Waals surface area contributed by atoms with Gasteiger partial charge in [0.15, 0.2) is 5.78 Å². The summed E-state index contributed by atoms with van der Waals surface area (Å²) in [6.07, 6.45) is 3.90. The standard InChI is InChI=1S/C12H19NOS.ClH/c1-12(2)6-8(13)11(9(14)7-12)10-4-3-5-15-10;/h10H,3-7,13H2,1-2H3;1H. The van der Waals surface area contributed by atoms with Crippen LogP contribution in [0.3, 0.4) is 0 Å². The maximum absolute atomic E-state index is 12.1. The van der Waals surface area contributed by atoms with Gasteiger partial charge in [-0.2, -0.15) is 11.8 Å². The van der Waals surface area contributed by atoms with Gasteiger partial charge in [-0.25, -0.2) is 0 Å². The molecule has 2 rings (SSSR count). The summed E-state index contributed by atoms with van der Waals surface area (Å²) in [5.74, 6) is 1.47. The van der Waals surface area contributed by atoms with E-state index in [2.05, 4.69) is 13.8 Å². The van der Waals surface area contributed by atoms with Gasteiger partial charge >= 0.3 is 0 Å². The predicted octanol–water partition coefficient (Wildman–Crippen LogP) is 2.91. The molecule has 1 atom stereocenters. The minimum atomic E-state index is 0. The van der Waals surface area contributed by atoms with Crippen LogP contribution in [-0.2, 0) is 4.79 Å². The van der Waals surface area contributed by atoms with Crippen LogP contribution in [0.25, 0.3) is 0 Å². The van der Waals surface area contributed by atoms with Crippen LogP contribution in [0.15, 0.2) is 11.3 Å². The van der Waals surface area contributed by atoms with Gasteiger partial charge in [0.25, 0.3) is 0 Å². The minimum Gasteiger partial charge on any atom is -0.402 e. The Balaban J connectivity index is 0.00000128. The molecule has 1 fully saturated rings. The molecule has 16 heavy (non-hydrogen) atoms. The van der Waals surface area contributed by atoms with Gasteiger partial charge in [0, 0.05) is 22.9 Å². The van der Waals surface area contributed by atoms with E-state index in [1.165, 1.54) is 12.2 Å². The summed E-state index contributed by atoms with van der Waals surface area (Å²) < 4.78 is 0. The lowest BCUT2D eigenvalue weighted by Crippen LogP contribution is -2.32. The zero-order valence-electron chi connectivity index (χ0n) is 9.91. The Labute approximate surface area is 108 Å². The SMILES string of the molecule is CC1(C)CC(=O)C(C2CCCS2)=C(N)C1.Cl. The Bertz CT molecular complexity index is 319. The monoisotopic (exact) mass is 261 g/mol. The van der Waals surface area contributed by atoms with Gasteiger partial charge < -0.3 is 5.73 Å². The zero-order chi connectivity index (χ0) is 11.1. The summed E-state index contributed by atoms with van der Waals surface area (Å²) in [5, 5.41) is 0.397. The van der Waals surface area contributed by atoms with Crippen molar-refractivity contribution >= 4 is 30.0 Å². The summed E-state index contributed by atoms with van der Waals surface area (Å²) in [4.78, 5) is 12.1. The molecule has 0 saturated carbocycles. The van der Waals surface area contributed by atoms with Crippen LogP contribution in [0.1, 0.15) is 39.5 Å². The number of nitrogens with two attached hydrogens (primary N) is 1. The lowest BCUT2D eigenvalue weighted by atomic mass is 9.75. The molecule has 1 unspecified atom stereocenters. The molecule has 2 aliphatic rings. The fraction of sp³-hybridized carbons (Fsp3) is 0.750. The second kappa shape index (κ2) is 5.01. The molecule has 0 aromatic heterocycles. The number of allylic oxidation sites excluding steroid dienone is 1. The van der Waals surface area contributed by atoms with E-state index in [-0.39, 0.29) is 17.8 Å². The molecular weight excluding hydrogens is 242 g/mol. The molecule has 2 N–H and O–H groups in total. The van der Waals surface area contributed by atoms with Gasteiger partial charge in [0.1, 0.15) is 0 Å². The molecule has 0 bridgehead atoms. The predicted molar refractivity (Wildman–Crippen MR) is 72.0 cm³/mol. The summed E-state index contributed by atoms with van der Waals surface area (Å²) in [5.41, 5.74) is 7.95. The highest BCUT2D eigenvalue weighted by Gasteiger charge is 2.36. The number of rotatable bonds is 1. The van der Waals surface area contributed by atoms with E-state index in [0.29, 0.717) is 17.5 Å². The highest BCUT2D eigenvalue weighted by molar-refractivity contribution is 8.00. The van der Waals surface area contributed by atoms with E-state index in [4.69, 9.17) is 5.73 Å². The van der Waals surface area contributed by atoms with E-state index < -0.39 is 0 Å². The lowest BCUT2D eigenvalue weighted by molar-refractivity contribution is -0.118. The number of halogens is 1. The highest BCUT2D eigenvalue weighted by atomic mass is 35.5. The topological polar surface area (TPSA) is 43.1 Å². The first-order valence-corrected chi connectivity index (χ1v) is 6.68. The van der Waals surface area contributed by atoms with Gasteiger partial charge in [-0.05, 0) is 30.4 Å². The third kappa shape index (κ3) is 2.75. The third-order valence-electron chi connectivity index (χ3n) is 3.21. The molecule has 0 aromatic carbocycles. The van der Waals surface area contributed by atoms with E-state index in [0.717, 1.165) is 24.1 Å². The second-order valence-electron chi connectivity index (χ2n) is 5.38. The summed E-state index contributed by atoms with van der Waals surface area (Å²) in [6.45, 7) is 4.24. The van der Waals surface area contributed by atoms with Crippen molar-refractivity contribution in [3.05, 3.63) is 11.3 Å². The smallest absolute Gasteiger partial charge is 0.162 e. The van der Waals surface area contributed by atoms with Crippen LogP contribution < -0.4 is 5.73 Å². The third-order valence-corrected chi connectivity index (χ3v) is 4.60. The number of thioether (sulfide) groups is 1. The fourth-order valence-corrected chi connectivity index (χ4v) is 3.97. The number of carbonyl (C=O) groups is 1. The summed E-state index contributed by atoms with van der Waals surface area (Å²) in [6, 6.07) is 0. The molecule has 92 valence electrons. The number of ketones is 1. The van der Waals surface area contributed by atoms with Crippen LogP contribution in [0.5, 0.6) is 0 Å². The van der Waals surface area contributed by atoms with Crippen molar-refractivity contribution in [3.8, 4) is 0 Å². The average Bonchev–Trinajstić information content (AvgIpc) is 2.52. The first-order chi connectivity index (χ1) is 6.99. The van der Waals surface area contributed by atoms with Crippen molar-refractivity contribution in [2.75, 3.05) is 5.75 Å².